The van der Waals surface area contributed by atoms with Crippen LogP contribution in [0.2, 0.25) is 0 Å². The van der Waals surface area contributed by atoms with Gasteiger partial charge in [-0.3, -0.25) is 0 Å². The number of hydrogen-bond donors (Lipinski definition) is 0. The highest BCUT2D eigenvalue weighted by molar-refractivity contribution is 7.98. The Balaban J connectivity index is 1.75. The summed E-state index contributed by atoms with van der Waals surface area (Å²) >= 11 is 3.17. The molecule has 0 unspecified atom stereocenters. The van der Waals surface area contributed by atoms with Gasteiger partial charge in [-0.05, 0) is 36.4 Å². The third-order valence-electron chi connectivity index (χ3n) is 3.49. The quantitative estimate of drug-likeness (QED) is 0.581. The maximum atomic E-state index is 5.46. The fraction of sp³-hybridized carbons (Fsp3) is 0.375. The van der Waals surface area contributed by atoms with Gasteiger partial charge in [0.2, 0.25) is 5.16 Å². The summed E-state index contributed by atoms with van der Waals surface area (Å²) in [7, 11) is 3.28. The van der Waals surface area contributed by atoms with Crippen LogP contribution in [0.4, 0.5) is 0 Å². The van der Waals surface area contributed by atoms with Gasteiger partial charge in [0.1, 0.15) is 16.5 Å². The molecule has 0 fully saturated rings. The van der Waals surface area contributed by atoms with Crippen molar-refractivity contribution in [2.45, 2.75) is 30.8 Å². The average Bonchev–Trinajstić information content (AvgIpc) is 3.28. The number of benzene rings is 1. The zero-order chi connectivity index (χ0) is 17.8. The SMILES string of the molecule is COc1ccc(-c2nc(CSc3nnnn3C(C)C)cs2)c(OC)c1. The van der Waals surface area contributed by atoms with E-state index in [-0.39, 0.29) is 6.04 Å². The average molecular weight is 377 g/mol. The lowest BCUT2D eigenvalue weighted by Crippen LogP contribution is -2.04. The van der Waals surface area contributed by atoms with Gasteiger partial charge >= 0.3 is 0 Å². The molecule has 0 N–H and O–H groups in total. The summed E-state index contributed by atoms with van der Waals surface area (Å²) in [5, 5.41) is 15.6. The highest BCUT2D eigenvalue weighted by Crippen LogP contribution is 2.35. The van der Waals surface area contributed by atoms with Crippen LogP contribution in [0, 0.1) is 0 Å². The number of methoxy groups -OCH3 is 2. The molecule has 2 heterocycles. The van der Waals surface area contributed by atoms with Crippen molar-refractivity contribution in [1.82, 2.24) is 25.2 Å². The summed E-state index contributed by atoms with van der Waals surface area (Å²) in [6.45, 7) is 4.11. The van der Waals surface area contributed by atoms with Gasteiger partial charge in [0.05, 0.1) is 31.5 Å². The van der Waals surface area contributed by atoms with E-state index in [1.165, 1.54) is 0 Å². The molecule has 7 nitrogen and oxygen atoms in total. The minimum atomic E-state index is 0.229. The van der Waals surface area contributed by atoms with E-state index >= 15 is 0 Å². The van der Waals surface area contributed by atoms with Crippen molar-refractivity contribution < 1.29 is 9.47 Å². The zero-order valence-corrected chi connectivity index (χ0v) is 16.1. The molecular formula is C16H19N5O2S2. The highest BCUT2D eigenvalue weighted by Gasteiger charge is 2.14. The van der Waals surface area contributed by atoms with Gasteiger partial charge < -0.3 is 9.47 Å². The normalized spacial score (nSPS) is 11.1. The molecule has 0 aliphatic heterocycles. The monoisotopic (exact) mass is 377 g/mol. The third kappa shape index (κ3) is 3.93. The number of tetrazole rings is 1. The van der Waals surface area contributed by atoms with Crippen LogP contribution < -0.4 is 9.47 Å². The van der Waals surface area contributed by atoms with Crippen LogP contribution in [0.3, 0.4) is 0 Å². The Hall–Kier alpha value is -2.13. The summed E-state index contributed by atoms with van der Waals surface area (Å²) in [6.07, 6.45) is 0. The Kier molecular flexibility index (Phi) is 5.54. The first-order valence-electron chi connectivity index (χ1n) is 7.69. The predicted molar refractivity (Wildman–Crippen MR) is 98.4 cm³/mol. The lowest BCUT2D eigenvalue weighted by molar-refractivity contribution is 0.395. The van der Waals surface area contributed by atoms with Crippen molar-refractivity contribution in [3.8, 4) is 22.1 Å². The Morgan fingerprint density at radius 3 is 2.80 bits per heavy atom. The minimum Gasteiger partial charge on any atom is -0.497 e. The van der Waals surface area contributed by atoms with E-state index in [9.17, 15) is 0 Å². The Morgan fingerprint density at radius 2 is 2.08 bits per heavy atom. The van der Waals surface area contributed by atoms with Crippen LogP contribution in [0.5, 0.6) is 11.5 Å². The van der Waals surface area contributed by atoms with E-state index in [0.717, 1.165) is 32.9 Å². The van der Waals surface area contributed by atoms with Crippen LogP contribution in [0.15, 0.2) is 28.7 Å². The van der Waals surface area contributed by atoms with Crippen molar-refractivity contribution in [3.05, 3.63) is 29.3 Å². The maximum Gasteiger partial charge on any atom is 0.209 e. The Bertz CT molecular complexity index is 847. The fourth-order valence-electron chi connectivity index (χ4n) is 2.22. The van der Waals surface area contributed by atoms with E-state index in [1.807, 2.05) is 22.9 Å². The Labute approximate surface area is 154 Å². The molecule has 3 rings (SSSR count). The molecule has 0 atom stereocenters. The zero-order valence-electron chi connectivity index (χ0n) is 14.5. The van der Waals surface area contributed by atoms with Gasteiger partial charge in [-0.1, -0.05) is 11.8 Å². The molecule has 0 aliphatic rings. The highest BCUT2D eigenvalue weighted by atomic mass is 32.2. The minimum absolute atomic E-state index is 0.229. The standard InChI is InChI=1S/C16H19N5O2S2/c1-10(2)21-16(18-19-20-21)25-9-11-8-24-15(17-11)13-6-5-12(22-3)7-14(13)23-4/h5-8,10H,9H2,1-4H3. The van der Waals surface area contributed by atoms with Crippen LogP contribution >= 0.6 is 23.1 Å². The van der Waals surface area contributed by atoms with Gasteiger partial charge in [-0.2, -0.15) is 0 Å². The first-order chi connectivity index (χ1) is 12.1. The van der Waals surface area contributed by atoms with Crippen LogP contribution in [0.25, 0.3) is 10.6 Å². The molecule has 3 aromatic rings. The second kappa shape index (κ2) is 7.83. The molecule has 25 heavy (non-hydrogen) atoms. The molecule has 0 saturated carbocycles. The molecule has 1 aromatic carbocycles. The fourth-order valence-corrected chi connectivity index (χ4v) is 4.07. The Morgan fingerprint density at radius 1 is 1.24 bits per heavy atom. The van der Waals surface area contributed by atoms with Gasteiger partial charge in [0.15, 0.2) is 0 Å². The van der Waals surface area contributed by atoms with E-state index in [2.05, 4.69) is 34.8 Å². The van der Waals surface area contributed by atoms with Crippen molar-refractivity contribution in [2.24, 2.45) is 0 Å². The third-order valence-corrected chi connectivity index (χ3v) is 5.38. The van der Waals surface area contributed by atoms with Gasteiger partial charge in [0, 0.05) is 17.2 Å². The summed E-state index contributed by atoms with van der Waals surface area (Å²) in [6, 6.07) is 5.96. The molecule has 0 amide bonds. The van der Waals surface area contributed by atoms with Gasteiger partial charge in [-0.25, -0.2) is 9.67 Å². The second-order valence-electron chi connectivity index (χ2n) is 5.50. The predicted octanol–water partition coefficient (Wildman–Crippen LogP) is 3.69. The lowest BCUT2D eigenvalue weighted by Gasteiger charge is -2.08. The first-order valence-corrected chi connectivity index (χ1v) is 9.56. The van der Waals surface area contributed by atoms with Crippen molar-refractivity contribution in [2.75, 3.05) is 14.2 Å². The number of thioether (sulfide) groups is 1. The summed E-state index contributed by atoms with van der Waals surface area (Å²) in [5.41, 5.74) is 1.94. The summed E-state index contributed by atoms with van der Waals surface area (Å²) < 4.78 is 12.5. The molecule has 0 spiro atoms. The van der Waals surface area contributed by atoms with E-state index in [1.54, 1.807) is 37.3 Å². The van der Waals surface area contributed by atoms with Crippen LogP contribution in [0.1, 0.15) is 25.6 Å². The lowest BCUT2D eigenvalue weighted by atomic mass is 10.2. The number of hydrogen-bond acceptors (Lipinski definition) is 8. The molecule has 0 radical (unpaired) electrons. The topological polar surface area (TPSA) is 75.0 Å². The molecule has 0 saturated heterocycles. The number of nitrogens with zero attached hydrogens (tertiary/aromatic N) is 5. The van der Waals surface area contributed by atoms with E-state index in [0.29, 0.717) is 5.75 Å². The number of thiazole rings is 1. The molecule has 0 aliphatic carbocycles. The van der Waals surface area contributed by atoms with Gasteiger partial charge in [0.25, 0.3) is 0 Å². The summed E-state index contributed by atoms with van der Waals surface area (Å²) in [4.78, 5) is 4.72. The largest absolute Gasteiger partial charge is 0.497 e. The van der Waals surface area contributed by atoms with Crippen molar-refractivity contribution >= 4 is 23.1 Å². The molecular weight excluding hydrogens is 358 g/mol. The molecule has 132 valence electrons. The second-order valence-corrected chi connectivity index (χ2v) is 7.30. The van der Waals surface area contributed by atoms with Gasteiger partial charge in [-0.15, -0.1) is 16.4 Å². The number of rotatable bonds is 7. The van der Waals surface area contributed by atoms with Crippen molar-refractivity contribution in [1.29, 1.82) is 0 Å². The molecule has 9 heteroatoms. The smallest absolute Gasteiger partial charge is 0.209 e. The van der Waals surface area contributed by atoms with Crippen LogP contribution in [-0.2, 0) is 5.75 Å². The summed E-state index contributed by atoms with van der Waals surface area (Å²) in [5.74, 6) is 2.22. The van der Waals surface area contributed by atoms with Crippen LogP contribution in [-0.4, -0.2) is 39.4 Å². The molecule has 2 aromatic heterocycles. The van der Waals surface area contributed by atoms with Crippen molar-refractivity contribution in [3.63, 3.8) is 0 Å². The van der Waals surface area contributed by atoms with E-state index < -0.39 is 0 Å². The van der Waals surface area contributed by atoms with E-state index in [4.69, 9.17) is 14.5 Å². The number of ether oxygens (including phenoxy) is 2. The maximum absolute atomic E-state index is 5.46. The number of aromatic nitrogens is 5. The molecule has 0 bridgehead atoms. The first kappa shape index (κ1) is 17.7.